The molecule has 13 heteroatoms. The Kier molecular flexibility index (Phi) is 22.4. The first kappa shape index (κ1) is 36.1. The lowest BCUT2D eigenvalue weighted by atomic mass is 10.3. The first-order valence-electron chi connectivity index (χ1n) is 13.1. The van der Waals surface area contributed by atoms with E-state index in [-0.39, 0.29) is 70.9 Å². The molecule has 3 amide bonds. The van der Waals surface area contributed by atoms with Gasteiger partial charge in [0.1, 0.15) is 6.61 Å². The van der Waals surface area contributed by atoms with Crippen molar-refractivity contribution >= 4 is 29.7 Å². The predicted molar refractivity (Wildman–Crippen MR) is 139 cm³/mol. The Hall–Kier alpha value is -2.87. The highest BCUT2D eigenvalue weighted by molar-refractivity contribution is 6.01. The second kappa shape index (κ2) is 24.2. The molecule has 0 radical (unpaired) electrons. The summed E-state index contributed by atoms with van der Waals surface area (Å²) in [6, 6.07) is 0. The van der Waals surface area contributed by atoms with Crippen molar-refractivity contribution in [1.29, 1.82) is 0 Å². The van der Waals surface area contributed by atoms with Crippen molar-refractivity contribution in [2.24, 2.45) is 0 Å². The van der Waals surface area contributed by atoms with Crippen LogP contribution in [0.25, 0.3) is 0 Å². The number of carbonyl (C=O) groups excluding carboxylic acids is 5. The van der Waals surface area contributed by atoms with Crippen LogP contribution in [0.15, 0.2) is 12.7 Å². The summed E-state index contributed by atoms with van der Waals surface area (Å²) in [4.78, 5) is 65.8. The van der Waals surface area contributed by atoms with Crippen molar-refractivity contribution in [1.82, 2.24) is 9.96 Å². The standard InChI is InChI=1S/C23H36N2O11.C3H8/c1-3-11-35-22(29)6-9-24(10-7-23(30)36-25-20(27)4-5-21(25)28)19(26)8-12-32-15-16-34-18-17-33-14-13-31-2;1-3-2/h3H,1,4-18H2,2H3;3H2,1-2H3. The number of imide groups is 1. The zero-order valence-corrected chi connectivity index (χ0v) is 23.5. The van der Waals surface area contributed by atoms with Crippen molar-refractivity contribution in [2.75, 3.05) is 73.1 Å². The maximum atomic E-state index is 12.6. The molecule has 1 rings (SSSR count). The van der Waals surface area contributed by atoms with E-state index in [0.29, 0.717) is 38.1 Å². The smallest absolute Gasteiger partial charge is 0.334 e. The molecule has 0 aromatic rings. The first-order valence-corrected chi connectivity index (χ1v) is 13.1. The highest BCUT2D eigenvalue weighted by Crippen LogP contribution is 2.13. The van der Waals surface area contributed by atoms with Crippen LogP contribution in [0.2, 0.25) is 0 Å². The van der Waals surface area contributed by atoms with E-state index in [1.807, 2.05) is 0 Å². The molecule has 0 aromatic carbocycles. The van der Waals surface area contributed by atoms with Crippen LogP contribution in [0.4, 0.5) is 0 Å². The van der Waals surface area contributed by atoms with Crippen LogP contribution in [0, 0.1) is 0 Å². The van der Waals surface area contributed by atoms with Crippen LogP contribution >= 0.6 is 0 Å². The topological polar surface area (TPSA) is 147 Å². The number of rotatable bonds is 21. The molecule has 0 bridgehead atoms. The van der Waals surface area contributed by atoms with E-state index in [2.05, 4.69) is 20.4 Å². The highest BCUT2D eigenvalue weighted by Gasteiger charge is 2.33. The second-order valence-corrected chi connectivity index (χ2v) is 8.18. The SMILES string of the molecule is C=CCOC(=O)CCN(CCC(=O)ON1C(=O)CCC1=O)C(=O)CCOCCOCCOCCOC.CCC. The van der Waals surface area contributed by atoms with Gasteiger partial charge < -0.3 is 33.4 Å². The van der Waals surface area contributed by atoms with Gasteiger partial charge in [0.2, 0.25) is 5.91 Å². The van der Waals surface area contributed by atoms with Crippen LogP contribution in [0.1, 0.15) is 52.4 Å². The van der Waals surface area contributed by atoms with Crippen LogP contribution < -0.4 is 0 Å². The Morgan fingerprint density at radius 2 is 1.31 bits per heavy atom. The molecule has 39 heavy (non-hydrogen) atoms. The quantitative estimate of drug-likeness (QED) is 0.0869. The van der Waals surface area contributed by atoms with Crippen molar-refractivity contribution in [3.05, 3.63) is 12.7 Å². The number of methoxy groups -OCH3 is 1. The average Bonchev–Trinajstić information content (AvgIpc) is 3.22. The summed E-state index contributed by atoms with van der Waals surface area (Å²) >= 11 is 0. The summed E-state index contributed by atoms with van der Waals surface area (Å²) in [5.74, 6) is -2.90. The van der Waals surface area contributed by atoms with Gasteiger partial charge in [-0.3, -0.25) is 19.2 Å². The zero-order valence-electron chi connectivity index (χ0n) is 23.5. The van der Waals surface area contributed by atoms with Crippen molar-refractivity contribution in [3.63, 3.8) is 0 Å². The molecule has 1 saturated heterocycles. The molecule has 224 valence electrons. The molecule has 1 aliphatic heterocycles. The third-order valence-electron chi connectivity index (χ3n) is 4.72. The molecule has 0 aromatic heterocycles. The van der Waals surface area contributed by atoms with Gasteiger partial charge in [-0.05, 0) is 0 Å². The van der Waals surface area contributed by atoms with Gasteiger partial charge in [-0.25, -0.2) is 4.79 Å². The number of nitrogens with zero attached hydrogens (tertiary/aromatic N) is 2. The van der Waals surface area contributed by atoms with Crippen LogP contribution in [0.3, 0.4) is 0 Å². The molecule has 13 nitrogen and oxygen atoms in total. The molecule has 0 saturated carbocycles. The lowest BCUT2D eigenvalue weighted by Gasteiger charge is -2.22. The Labute approximate surface area is 230 Å². The summed E-state index contributed by atoms with van der Waals surface area (Å²) in [6.07, 6.45) is 2.30. The van der Waals surface area contributed by atoms with Gasteiger partial charge in [0.25, 0.3) is 11.8 Å². The van der Waals surface area contributed by atoms with Gasteiger partial charge in [-0.2, -0.15) is 0 Å². The Balaban J connectivity index is 0.00000458. The van der Waals surface area contributed by atoms with Crippen LogP contribution in [-0.4, -0.2) is 113 Å². The zero-order chi connectivity index (χ0) is 29.3. The average molecular weight is 561 g/mol. The van der Waals surface area contributed by atoms with Gasteiger partial charge in [0, 0.05) is 33.0 Å². The number of amides is 3. The lowest BCUT2D eigenvalue weighted by molar-refractivity contribution is -0.197. The number of hydrogen-bond acceptors (Lipinski definition) is 11. The van der Waals surface area contributed by atoms with Gasteiger partial charge in [-0.1, -0.05) is 32.9 Å². The summed E-state index contributed by atoms with van der Waals surface area (Å²) in [6.45, 7) is 10.3. The maximum Gasteiger partial charge on any atom is 0.334 e. The maximum absolute atomic E-state index is 12.6. The van der Waals surface area contributed by atoms with E-state index < -0.39 is 23.8 Å². The normalized spacial score (nSPS) is 12.5. The fourth-order valence-corrected chi connectivity index (χ4v) is 2.84. The minimum absolute atomic E-state index is 0.00977. The summed E-state index contributed by atoms with van der Waals surface area (Å²) in [5, 5.41) is 0.447. The first-order chi connectivity index (χ1) is 18.8. The Morgan fingerprint density at radius 1 is 0.821 bits per heavy atom. The van der Waals surface area contributed by atoms with Crippen molar-refractivity contribution < 1.29 is 52.5 Å². The summed E-state index contributed by atoms with van der Waals surface area (Å²) in [7, 11) is 1.59. The number of hydrogen-bond donors (Lipinski definition) is 0. The molecule has 0 spiro atoms. The van der Waals surface area contributed by atoms with Gasteiger partial charge in [0.05, 0.1) is 65.5 Å². The molecule has 1 heterocycles. The molecule has 0 aliphatic carbocycles. The minimum Gasteiger partial charge on any atom is -0.461 e. The summed E-state index contributed by atoms with van der Waals surface area (Å²) in [5.41, 5.74) is 0. The van der Waals surface area contributed by atoms with Gasteiger partial charge in [-0.15, -0.1) is 5.06 Å². The molecule has 0 unspecified atom stereocenters. The Morgan fingerprint density at radius 3 is 1.82 bits per heavy atom. The third kappa shape index (κ3) is 18.9. The van der Waals surface area contributed by atoms with Crippen LogP contribution in [0.5, 0.6) is 0 Å². The molecule has 0 atom stereocenters. The van der Waals surface area contributed by atoms with E-state index in [9.17, 15) is 24.0 Å². The molecule has 1 fully saturated rings. The number of carbonyl (C=O) groups is 5. The van der Waals surface area contributed by atoms with E-state index in [1.165, 1.54) is 17.4 Å². The fourth-order valence-electron chi connectivity index (χ4n) is 2.84. The lowest BCUT2D eigenvalue weighted by Crippen LogP contribution is -2.37. The second-order valence-electron chi connectivity index (χ2n) is 8.18. The van der Waals surface area contributed by atoms with E-state index >= 15 is 0 Å². The van der Waals surface area contributed by atoms with Gasteiger partial charge in [0.15, 0.2) is 0 Å². The van der Waals surface area contributed by atoms with E-state index in [1.54, 1.807) is 7.11 Å². The highest BCUT2D eigenvalue weighted by atomic mass is 16.7. The number of ether oxygens (including phenoxy) is 5. The molecular formula is C26H44N2O11. The van der Waals surface area contributed by atoms with Crippen molar-refractivity contribution in [3.8, 4) is 0 Å². The number of hydroxylamine groups is 2. The monoisotopic (exact) mass is 560 g/mol. The van der Waals surface area contributed by atoms with E-state index in [0.717, 1.165) is 0 Å². The van der Waals surface area contributed by atoms with Gasteiger partial charge >= 0.3 is 11.9 Å². The summed E-state index contributed by atoms with van der Waals surface area (Å²) < 4.78 is 25.8. The minimum atomic E-state index is -0.842. The van der Waals surface area contributed by atoms with Crippen LogP contribution in [-0.2, 0) is 52.5 Å². The van der Waals surface area contributed by atoms with E-state index in [4.69, 9.17) is 28.5 Å². The third-order valence-corrected chi connectivity index (χ3v) is 4.72. The fraction of sp³-hybridized carbons (Fsp3) is 0.731. The predicted octanol–water partition coefficient (Wildman–Crippen LogP) is 1.43. The van der Waals surface area contributed by atoms with Crippen molar-refractivity contribution in [2.45, 2.75) is 52.4 Å². The number of esters is 1. The largest absolute Gasteiger partial charge is 0.461 e. The molecular weight excluding hydrogens is 516 g/mol. The Bertz CT molecular complexity index is 729. The molecule has 1 aliphatic rings. The molecule has 0 N–H and O–H groups in total.